The van der Waals surface area contributed by atoms with Crippen LogP contribution in [0, 0.1) is 0 Å². The molecule has 0 aliphatic heterocycles. The monoisotopic (exact) mass is 374 g/mol. The second-order valence-corrected chi connectivity index (χ2v) is 6.06. The molecule has 0 radical (unpaired) electrons. The van der Waals surface area contributed by atoms with Crippen molar-refractivity contribution >= 4 is 17.9 Å². The van der Waals surface area contributed by atoms with Crippen LogP contribution in [0.3, 0.4) is 0 Å². The van der Waals surface area contributed by atoms with Crippen molar-refractivity contribution in [1.82, 2.24) is 0 Å². The van der Waals surface area contributed by atoms with Crippen molar-refractivity contribution in [2.75, 3.05) is 0 Å². The summed E-state index contributed by atoms with van der Waals surface area (Å²) in [5.74, 6) is -1.99. The van der Waals surface area contributed by atoms with Gasteiger partial charge in [0.1, 0.15) is 11.3 Å². The van der Waals surface area contributed by atoms with Crippen LogP contribution in [0.5, 0.6) is 5.75 Å². The molecule has 5 heteroatoms. The molecule has 0 spiro atoms. The van der Waals surface area contributed by atoms with Crippen LogP contribution in [0.25, 0.3) is 0 Å². The normalized spacial score (nSPS) is 10.1. The van der Waals surface area contributed by atoms with E-state index >= 15 is 0 Å². The Balaban J connectivity index is 1.64. The molecule has 0 saturated carbocycles. The maximum Gasteiger partial charge on any atom is 0.349 e. The van der Waals surface area contributed by atoms with E-state index in [1.807, 2.05) is 36.4 Å². The Morgan fingerprint density at radius 1 is 0.607 bits per heavy atom. The SMILES string of the molecule is O=C(Cc1ccccc1)OC(=O)c1ccccc1OC(=O)Cc1ccccc1. The average molecular weight is 374 g/mol. The van der Waals surface area contributed by atoms with E-state index in [2.05, 4.69) is 0 Å². The zero-order chi connectivity index (χ0) is 19.8. The number of rotatable bonds is 6. The van der Waals surface area contributed by atoms with E-state index in [-0.39, 0.29) is 24.2 Å². The van der Waals surface area contributed by atoms with Crippen LogP contribution in [0.15, 0.2) is 84.9 Å². The van der Waals surface area contributed by atoms with E-state index in [1.54, 1.807) is 36.4 Å². The molecule has 5 nitrogen and oxygen atoms in total. The molecular formula is C23H18O5. The minimum Gasteiger partial charge on any atom is -0.425 e. The van der Waals surface area contributed by atoms with Gasteiger partial charge in [0.25, 0.3) is 0 Å². The van der Waals surface area contributed by atoms with Crippen molar-refractivity contribution in [3.05, 3.63) is 102 Å². The molecule has 0 N–H and O–H groups in total. The number of carbonyl (C=O) groups excluding carboxylic acids is 3. The molecule has 0 fully saturated rings. The van der Waals surface area contributed by atoms with Crippen molar-refractivity contribution in [2.24, 2.45) is 0 Å². The van der Waals surface area contributed by atoms with Gasteiger partial charge in [0.15, 0.2) is 0 Å². The lowest BCUT2D eigenvalue weighted by Gasteiger charge is -2.09. The molecule has 3 rings (SSSR count). The lowest BCUT2D eigenvalue weighted by atomic mass is 10.1. The van der Waals surface area contributed by atoms with Crippen LogP contribution in [-0.2, 0) is 27.2 Å². The summed E-state index contributed by atoms with van der Waals surface area (Å²) < 4.78 is 10.2. The fourth-order valence-corrected chi connectivity index (χ4v) is 2.60. The summed E-state index contributed by atoms with van der Waals surface area (Å²) in [6.45, 7) is 0. The van der Waals surface area contributed by atoms with Gasteiger partial charge in [-0.2, -0.15) is 0 Å². The first-order valence-electron chi connectivity index (χ1n) is 8.74. The summed E-state index contributed by atoms with van der Waals surface area (Å²) in [5.41, 5.74) is 1.55. The Kier molecular flexibility index (Phi) is 6.31. The van der Waals surface area contributed by atoms with Gasteiger partial charge in [-0.05, 0) is 23.3 Å². The molecule has 0 unspecified atom stereocenters. The standard InChI is InChI=1S/C23H18O5/c24-21(15-17-9-3-1-4-10-17)27-20-14-8-7-13-19(20)23(26)28-22(25)16-18-11-5-2-6-12-18/h1-14H,15-16H2. The van der Waals surface area contributed by atoms with Crippen LogP contribution in [-0.4, -0.2) is 17.9 Å². The number of hydrogen-bond acceptors (Lipinski definition) is 5. The molecule has 28 heavy (non-hydrogen) atoms. The van der Waals surface area contributed by atoms with E-state index in [9.17, 15) is 14.4 Å². The summed E-state index contributed by atoms with van der Waals surface area (Å²) in [4.78, 5) is 36.6. The highest BCUT2D eigenvalue weighted by atomic mass is 16.6. The van der Waals surface area contributed by atoms with Crippen molar-refractivity contribution in [1.29, 1.82) is 0 Å². The van der Waals surface area contributed by atoms with E-state index in [0.717, 1.165) is 11.1 Å². The molecule has 0 aliphatic carbocycles. The Morgan fingerprint density at radius 3 is 1.71 bits per heavy atom. The Labute approximate surface area is 162 Å². The van der Waals surface area contributed by atoms with Crippen molar-refractivity contribution in [3.63, 3.8) is 0 Å². The Hall–Kier alpha value is -3.73. The molecule has 0 bridgehead atoms. The van der Waals surface area contributed by atoms with Gasteiger partial charge < -0.3 is 9.47 Å². The number of benzene rings is 3. The maximum absolute atomic E-state index is 12.4. The smallest absolute Gasteiger partial charge is 0.349 e. The first kappa shape index (κ1) is 19.0. The first-order chi connectivity index (χ1) is 13.6. The highest BCUT2D eigenvalue weighted by Gasteiger charge is 2.19. The third-order valence-corrected chi connectivity index (χ3v) is 3.92. The van der Waals surface area contributed by atoms with E-state index in [1.165, 1.54) is 12.1 Å². The predicted molar refractivity (Wildman–Crippen MR) is 103 cm³/mol. The van der Waals surface area contributed by atoms with Crippen LogP contribution < -0.4 is 4.74 Å². The second-order valence-electron chi connectivity index (χ2n) is 6.06. The third kappa shape index (κ3) is 5.38. The topological polar surface area (TPSA) is 69.7 Å². The number of esters is 3. The molecule has 140 valence electrons. The van der Waals surface area contributed by atoms with Crippen LogP contribution in [0.4, 0.5) is 0 Å². The second kappa shape index (κ2) is 9.28. The quantitative estimate of drug-likeness (QED) is 0.373. The summed E-state index contributed by atoms with van der Waals surface area (Å²) in [6.07, 6.45) is 0.0414. The zero-order valence-corrected chi connectivity index (χ0v) is 15.0. The van der Waals surface area contributed by atoms with Crippen molar-refractivity contribution < 1.29 is 23.9 Å². The van der Waals surface area contributed by atoms with Gasteiger partial charge in [0.05, 0.1) is 12.8 Å². The molecule has 3 aromatic carbocycles. The summed E-state index contributed by atoms with van der Waals surface area (Å²) in [6, 6.07) is 24.3. The predicted octanol–water partition coefficient (Wildman–Crippen LogP) is 3.76. The molecule has 0 aliphatic rings. The fraction of sp³-hybridized carbons (Fsp3) is 0.0870. The first-order valence-corrected chi connectivity index (χ1v) is 8.74. The van der Waals surface area contributed by atoms with Gasteiger partial charge in [-0.15, -0.1) is 0 Å². The minimum absolute atomic E-state index is 0.0188. The van der Waals surface area contributed by atoms with E-state index < -0.39 is 17.9 Å². The van der Waals surface area contributed by atoms with Gasteiger partial charge in [-0.25, -0.2) is 4.79 Å². The Morgan fingerprint density at radius 2 is 1.11 bits per heavy atom. The molecule has 0 heterocycles. The summed E-state index contributed by atoms with van der Waals surface area (Å²) in [7, 11) is 0. The number of ether oxygens (including phenoxy) is 2. The highest BCUT2D eigenvalue weighted by molar-refractivity contribution is 5.99. The van der Waals surface area contributed by atoms with Gasteiger partial charge in [-0.1, -0.05) is 72.8 Å². The zero-order valence-electron chi connectivity index (χ0n) is 15.0. The minimum atomic E-state index is -0.857. The number of carbonyl (C=O) groups is 3. The average Bonchev–Trinajstić information content (AvgIpc) is 2.69. The van der Waals surface area contributed by atoms with Crippen LogP contribution in [0.2, 0.25) is 0 Å². The lowest BCUT2D eigenvalue weighted by molar-refractivity contribution is -0.137. The summed E-state index contributed by atoms with van der Waals surface area (Å²) in [5, 5.41) is 0. The van der Waals surface area contributed by atoms with Gasteiger partial charge in [0.2, 0.25) is 0 Å². The number of hydrogen-bond donors (Lipinski definition) is 0. The van der Waals surface area contributed by atoms with Crippen molar-refractivity contribution in [2.45, 2.75) is 12.8 Å². The van der Waals surface area contributed by atoms with Gasteiger partial charge in [-0.3, -0.25) is 9.59 Å². The van der Waals surface area contributed by atoms with Gasteiger partial charge in [0, 0.05) is 0 Å². The van der Waals surface area contributed by atoms with Gasteiger partial charge >= 0.3 is 17.9 Å². The molecular weight excluding hydrogens is 356 g/mol. The van der Waals surface area contributed by atoms with E-state index in [0.29, 0.717) is 0 Å². The molecule has 3 aromatic rings. The summed E-state index contributed by atoms with van der Waals surface area (Å²) >= 11 is 0. The largest absolute Gasteiger partial charge is 0.425 e. The molecule has 0 atom stereocenters. The maximum atomic E-state index is 12.4. The van der Waals surface area contributed by atoms with Crippen LogP contribution >= 0.6 is 0 Å². The fourth-order valence-electron chi connectivity index (χ4n) is 2.60. The molecule has 0 aromatic heterocycles. The van der Waals surface area contributed by atoms with Crippen LogP contribution in [0.1, 0.15) is 21.5 Å². The Bertz CT molecular complexity index is 965. The lowest BCUT2D eigenvalue weighted by Crippen LogP contribution is -2.17. The molecule has 0 amide bonds. The third-order valence-electron chi connectivity index (χ3n) is 3.92. The van der Waals surface area contributed by atoms with E-state index in [4.69, 9.17) is 9.47 Å². The number of para-hydroxylation sites is 1. The van der Waals surface area contributed by atoms with Crippen molar-refractivity contribution in [3.8, 4) is 5.75 Å². The highest BCUT2D eigenvalue weighted by Crippen LogP contribution is 2.20. The molecule has 0 saturated heterocycles.